The van der Waals surface area contributed by atoms with Gasteiger partial charge >= 0.3 is 0 Å². The molecule has 0 saturated carbocycles. The van der Waals surface area contributed by atoms with Gasteiger partial charge in [0.1, 0.15) is 17.2 Å². The summed E-state index contributed by atoms with van der Waals surface area (Å²) in [7, 11) is 0. The first-order valence-corrected chi connectivity index (χ1v) is 7.38. The van der Waals surface area contributed by atoms with Crippen molar-refractivity contribution in [1.82, 2.24) is 0 Å². The number of aliphatic hydroxyl groups excluding tert-OH is 1. The molecule has 6 atom stereocenters. The number of ether oxygens (including phenoxy) is 3. The summed E-state index contributed by atoms with van der Waals surface area (Å²) < 4.78 is 17.3. The van der Waals surface area contributed by atoms with Crippen molar-refractivity contribution in [2.75, 3.05) is 6.61 Å². The zero-order chi connectivity index (χ0) is 13.4. The monoisotopic (exact) mass is 328 g/mol. The number of hydrogen-bond donors (Lipinski definition) is 1. The molecule has 2 fully saturated rings. The van der Waals surface area contributed by atoms with Gasteiger partial charge in [-0.3, -0.25) is 0 Å². The molecule has 0 spiro atoms. The molecule has 19 heavy (non-hydrogen) atoms. The summed E-state index contributed by atoms with van der Waals surface area (Å²) in [5, 5.41) is 10.2. The van der Waals surface area contributed by atoms with Gasteiger partial charge in [-0.25, -0.2) is 0 Å². The summed E-state index contributed by atoms with van der Waals surface area (Å²) in [6.45, 7) is 2.37. The normalized spacial score (nSPS) is 42.7. The van der Waals surface area contributed by atoms with Gasteiger partial charge in [-0.05, 0) is 0 Å². The molecule has 0 aliphatic carbocycles. The lowest BCUT2D eigenvalue weighted by molar-refractivity contribution is -0.310. The van der Waals surface area contributed by atoms with Crippen molar-refractivity contribution >= 4 is 15.9 Å². The lowest BCUT2D eigenvalue weighted by Gasteiger charge is -2.46. The molecular formula is C14H17BrO4. The van der Waals surface area contributed by atoms with E-state index < -0.39 is 12.4 Å². The fourth-order valence-electron chi connectivity index (χ4n) is 2.49. The number of halogens is 1. The van der Waals surface area contributed by atoms with Crippen molar-refractivity contribution in [2.45, 2.75) is 36.5 Å². The van der Waals surface area contributed by atoms with Crippen LogP contribution in [0.4, 0.5) is 0 Å². The van der Waals surface area contributed by atoms with E-state index in [-0.39, 0.29) is 23.1 Å². The summed E-state index contributed by atoms with van der Waals surface area (Å²) in [5.41, 5.74) is 0.960. The van der Waals surface area contributed by atoms with Crippen LogP contribution in [0.5, 0.6) is 0 Å². The predicted octanol–water partition coefficient (Wildman–Crippen LogP) is 2.22. The predicted molar refractivity (Wildman–Crippen MR) is 72.8 cm³/mol. The van der Waals surface area contributed by atoms with Crippen molar-refractivity contribution in [3.63, 3.8) is 0 Å². The molecule has 0 aromatic heterocycles. The standard InChI is InChI=1S/C14H17BrO4/c1-8-11(16)12-10(18-13(8)15)7-17-14(19-12)9-5-3-2-4-6-9/h2-6,8,10-14,16H,7H2,1H3/t8?,10?,11-,12+,13-,14?/m1/s1. The highest BCUT2D eigenvalue weighted by atomic mass is 79.9. The fraction of sp³-hybridized carbons (Fsp3) is 0.571. The molecule has 0 amide bonds. The SMILES string of the molecule is CC1[C@H](Br)OC2COC(c3ccccc3)O[C@@H]2[C@@H]1O. The second kappa shape index (κ2) is 5.50. The van der Waals surface area contributed by atoms with Crippen molar-refractivity contribution in [1.29, 1.82) is 0 Å². The third kappa shape index (κ3) is 2.58. The molecule has 1 aromatic carbocycles. The van der Waals surface area contributed by atoms with Gasteiger partial charge in [0.2, 0.25) is 0 Å². The molecule has 5 heteroatoms. The smallest absolute Gasteiger partial charge is 0.184 e. The van der Waals surface area contributed by atoms with Gasteiger partial charge in [0.15, 0.2) is 6.29 Å². The van der Waals surface area contributed by atoms with Crippen LogP contribution in [0, 0.1) is 5.92 Å². The van der Waals surface area contributed by atoms with Gasteiger partial charge in [-0.15, -0.1) is 0 Å². The van der Waals surface area contributed by atoms with E-state index in [2.05, 4.69) is 15.9 Å². The summed E-state index contributed by atoms with van der Waals surface area (Å²) in [6, 6.07) is 9.75. The Morgan fingerprint density at radius 1 is 1.21 bits per heavy atom. The molecule has 1 N–H and O–H groups in total. The molecule has 2 aliphatic heterocycles. The largest absolute Gasteiger partial charge is 0.390 e. The van der Waals surface area contributed by atoms with Gasteiger partial charge in [-0.2, -0.15) is 0 Å². The molecule has 0 bridgehead atoms. The Kier molecular flexibility index (Phi) is 3.91. The average molecular weight is 329 g/mol. The summed E-state index contributed by atoms with van der Waals surface area (Å²) in [6.07, 6.45) is -1.56. The minimum absolute atomic E-state index is 0.0178. The van der Waals surface area contributed by atoms with E-state index >= 15 is 0 Å². The van der Waals surface area contributed by atoms with Crippen LogP contribution in [0.1, 0.15) is 18.8 Å². The van der Waals surface area contributed by atoms with Gasteiger partial charge < -0.3 is 19.3 Å². The second-order valence-electron chi connectivity index (χ2n) is 5.05. The first kappa shape index (κ1) is 13.5. The van der Waals surface area contributed by atoms with E-state index in [1.54, 1.807) is 0 Å². The highest BCUT2D eigenvalue weighted by Crippen LogP contribution is 2.37. The van der Waals surface area contributed by atoms with Gasteiger partial charge in [-0.1, -0.05) is 53.2 Å². The Bertz CT molecular complexity index is 425. The molecule has 0 radical (unpaired) electrons. The first-order chi connectivity index (χ1) is 9.16. The number of rotatable bonds is 1. The first-order valence-electron chi connectivity index (χ1n) is 6.46. The molecule has 3 rings (SSSR count). The summed E-state index contributed by atoms with van der Waals surface area (Å²) in [4.78, 5) is 0. The molecule has 3 unspecified atom stereocenters. The van der Waals surface area contributed by atoms with Crippen molar-refractivity contribution in [3.8, 4) is 0 Å². The second-order valence-corrected chi connectivity index (χ2v) is 5.95. The molecule has 2 saturated heterocycles. The van der Waals surface area contributed by atoms with E-state index in [9.17, 15) is 5.11 Å². The third-order valence-corrected chi connectivity index (χ3v) is 4.77. The maximum absolute atomic E-state index is 10.3. The fourth-order valence-corrected chi connectivity index (χ4v) is 3.08. The number of benzene rings is 1. The molecule has 2 aliphatic rings. The van der Waals surface area contributed by atoms with Crippen LogP contribution in [0.2, 0.25) is 0 Å². The summed E-state index contributed by atoms with van der Waals surface area (Å²) >= 11 is 3.42. The van der Waals surface area contributed by atoms with E-state index in [4.69, 9.17) is 14.2 Å². The number of hydrogen-bond acceptors (Lipinski definition) is 4. The van der Waals surface area contributed by atoms with Crippen LogP contribution in [0.25, 0.3) is 0 Å². The van der Waals surface area contributed by atoms with Gasteiger partial charge in [0.25, 0.3) is 0 Å². The topological polar surface area (TPSA) is 47.9 Å². The van der Waals surface area contributed by atoms with Gasteiger partial charge in [0, 0.05) is 11.5 Å². The Morgan fingerprint density at radius 3 is 2.68 bits per heavy atom. The highest BCUT2D eigenvalue weighted by molar-refractivity contribution is 9.09. The van der Waals surface area contributed by atoms with Crippen LogP contribution < -0.4 is 0 Å². The maximum atomic E-state index is 10.3. The molecule has 104 valence electrons. The Labute approximate surface area is 120 Å². The quantitative estimate of drug-likeness (QED) is 0.803. The zero-order valence-corrected chi connectivity index (χ0v) is 12.2. The van der Waals surface area contributed by atoms with Crippen molar-refractivity contribution in [2.24, 2.45) is 5.92 Å². The minimum atomic E-state index is -0.557. The van der Waals surface area contributed by atoms with Crippen molar-refractivity contribution < 1.29 is 19.3 Å². The van der Waals surface area contributed by atoms with E-state index in [0.29, 0.717) is 6.61 Å². The third-order valence-electron chi connectivity index (χ3n) is 3.72. The number of fused-ring (bicyclic) bond motifs is 1. The Morgan fingerprint density at radius 2 is 1.95 bits per heavy atom. The number of aliphatic hydroxyl groups is 1. The van der Waals surface area contributed by atoms with Crippen LogP contribution >= 0.6 is 15.9 Å². The lowest BCUT2D eigenvalue weighted by Crippen LogP contribution is -2.57. The summed E-state index contributed by atoms with van der Waals surface area (Å²) in [5.74, 6) is -0.0178. The highest BCUT2D eigenvalue weighted by Gasteiger charge is 2.46. The van der Waals surface area contributed by atoms with E-state index in [1.165, 1.54) is 0 Å². The molecule has 1 aromatic rings. The maximum Gasteiger partial charge on any atom is 0.184 e. The van der Waals surface area contributed by atoms with Crippen LogP contribution in [0.15, 0.2) is 30.3 Å². The minimum Gasteiger partial charge on any atom is -0.390 e. The van der Waals surface area contributed by atoms with Gasteiger partial charge in [0.05, 0.1) is 12.7 Å². The van der Waals surface area contributed by atoms with E-state index in [1.807, 2.05) is 37.3 Å². The Hall–Kier alpha value is -0.460. The van der Waals surface area contributed by atoms with E-state index in [0.717, 1.165) is 5.56 Å². The lowest BCUT2D eigenvalue weighted by atomic mass is 9.93. The number of alkyl halides is 1. The molecular weight excluding hydrogens is 312 g/mol. The van der Waals surface area contributed by atoms with Crippen LogP contribution in [-0.4, -0.2) is 35.0 Å². The van der Waals surface area contributed by atoms with Crippen LogP contribution in [-0.2, 0) is 14.2 Å². The average Bonchev–Trinajstić information content (AvgIpc) is 2.46. The Balaban J connectivity index is 1.75. The van der Waals surface area contributed by atoms with Crippen LogP contribution in [0.3, 0.4) is 0 Å². The zero-order valence-electron chi connectivity index (χ0n) is 10.6. The molecule has 4 nitrogen and oxygen atoms in total. The molecule has 2 heterocycles. The van der Waals surface area contributed by atoms with Crippen molar-refractivity contribution in [3.05, 3.63) is 35.9 Å².